The van der Waals surface area contributed by atoms with Gasteiger partial charge in [0.1, 0.15) is 22.1 Å². The van der Waals surface area contributed by atoms with E-state index in [1.54, 1.807) is 0 Å². The summed E-state index contributed by atoms with van der Waals surface area (Å²) in [6.45, 7) is 2.20. The lowest BCUT2D eigenvalue weighted by atomic mass is 10.0. The molecule has 0 aromatic heterocycles. The molecule has 0 radical (unpaired) electrons. The molecule has 26 heavy (non-hydrogen) atoms. The van der Waals surface area contributed by atoms with Crippen LogP contribution < -0.4 is 4.74 Å². The molecule has 142 valence electrons. The number of aromatic hydroxyl groups is 1. The molecule has 5 nitrogen and oxygen atoms in total. The molecule has 0 atom stereocenters. The molecular formula is C20H26O5S. The van der Waals surface area contributed by atoms with Crippen molar-refractivity contribution in [2.45, 2.75) is 56.8 Å². The lowest BCUT2D eigenvalue weighted by Gasteiger charge is -2.12. The van der Waals surface area contributed by atoms with Gasteiger partial charge in [0.05, 0.1) is 0 Å². The summed E-state index contributed by atoms with van der Waals surface area (Å²) in [5.74, 6) is 0.490. The maximum absolute atomic E-state index is 11.3. The van der Waals surface area contributed by atoms with Gasteiger partial charge in [0.25, 0.3) is 10.1 Å². The summed E-state index contributed by atoms with van der Waals surface area (Å²) in [5, 5.41) is 9.69. The van der Waals surface area contributed by atoms with Crippen LogP contribution in [0.4, 0.5) is 0 Å². The van der Waals surface area contributed by atoms with Gasteiger partial charge in [0.15, 0.2) is 0 Å². The summed E-state index contributed by atoms with van der Waals surface area (Å²) in [4.78, 5) is -0.402. The minimum Gasteiger partial charge on any atom is -0.508 e. The number of ether oxygens (including phenoxy) is 1. The highest BCUT2D eigenvalue weighted by Gasteiger charge is 2.14. The summed E-state index contributed by atoms with van der Waals surface area (Å²) in [7, 11) is -4.42. The molecule has 2 rings (SSSR count). The number of hydrogen-bond donors (Lipinski definition) is 2. The molecule has 0 bridgehead atoms. The van der Waals surface area contributed by atoms with Crippen LogP contribution in [-0.4, -0.2) is 18.1 Å². The number of hydrogen-bond acceptors (Lipinski definition) is 4. The van der Waals surface area contributed by atoms with Crippen LogP contribution in [0, 0.1) is 0 Å². The van der Waals surface area contributed by atoms with E-state index in [1.165, 1.54) is 37.8 Å². The number of phenolic OH excluding ortho intramolecular Hbond substituents is 1. The van der Waals surface area contributed by atoms with Crippen molar-refractivity contribution in [3.8, 4) is 17.2 Å². The molecule has 0 unspecified atom stereocenters. The van der Waals surface area contributed by atoms with Crippen LogP contribution in [0.15, 0.2) is 47.4 Å². The lowest BCUT2D eigenvalue weighted by molar-refractivity contribution is 0.444. The average Bonchev–Trinajstić information content (AvgIpc) is 2.58. The first-order valence-corrected chi connectivity index (χ1v) is 10.4. The molecule has 0 aliphatic heterocycles. The third-order valence-electron chi connectivity index (χ3n) is 4.16. The SMILES string of the molecule is CCCCCCCCc1ccccc1Oc1cc(O)cc(S(=O)(=O)O)c1. The van der Waals surface area contributed by atoms with Crippen molar-refractivity contribution in [1.29, 1.82) is 0 Å². The third-order valence-corrected chi connectivity index (χ3v) is 4.99. The zero-order chi connectivity index (χ0) is 19.0. The van der Waals surface area contributed by atoms with Crippen molar-refractivity contribution in [2.75, 3.05) is 0 Å². The molecule has 2 N–H and O–H groups in total. The molecule has 0 amide bonds. The highest BCUT2D eigenvalue weighted by Crippen LogP contribution is 2.31. The average molecular weight is 378 g/mol. The molecule has 0 saturated heterocycles. The Bertz CT molecular complexity index is 815. The fourth-order valence-corrected chi connectivity index (χ4v) is 3.33. The zero-order valence-corrected chi connectivity index (χ0v) is 15.8. The second kappa shape index (κ2) is 9.59. The van der Waals surface area contributed by atoms with E-state index in [1.807, 2.05) is 24.3 Å². The summed E-state index contributed by atoms with van der Waals surface area (Å²) in [6, 6.07) is 11.0. The number of phenols is 1. The van der Waals surface area contributed by atoms with Gasteiger partial charge >= 0.3 is 0 Å². The Kier molecular flexibility index (Phi) is 7.48. The predicted octanol–water partition coefficient (Wildman–Crippen LogP) is 5.33. The van der Waals surface area contributed by atoms with Crippen molar-refractivity contribution in [3.63, 3.8) is 0 Å². The van der Waals surface area contributed by atoms with Gasteiger partial charge in [0, 0.05) is 18.2 Å². The standard InChI is InChI=1S/C20H26O5S/c1-2-3-4-5-6-7-10-16-11-8-9-12-20(16)25-18-13-17(21)14-19(15-18)26(22,23)24/h8-9,11-15,21H,2-7,10H2,1H3,(H,22,23,24). The number of para-hydroxylation sites is 1. The Labute approximate surface area is 155 Å². The van der Waals surface area contributed by atoms with E-state index in [9.17, 15) is 13.5 Å². The fourth-order valence-electron chi connectivity index (χ4n) is 2.80. The Morgan fingerprint density at radius 2 is 1.65 bits per heavy atom. The summed E-state index contributed by atoms with van der Waals surface area (Å²) >= 11 is 0. The van der Waals surface area contributed by atoms with E-state index in [0.717, 1.165) is 30.9 Å². The third kappa shape index (κ3) is 6.35. The Morgan fingerprint density at radius 3 is 2.38 bits per heavy atom. The van der Waals surface area contributed by atoms with E-state index >= 15 is 0 Å². The summed E-state index contributed by atoms with van der Waals surface area (Å²) < 4.78 is 37.5. The summed E-state index contributed by atoms with van der Waals surface area (Å²) in [5.41, 5.74) is 1.03. The smallest absolute Gasteiger partial charge is 0.294 e. The highest BCUT2D eigenvalue weighted by molar-refractivity contribution is 7.85. The molecule has 0 saturated carbocycles. The first-order chi connectivity index (χ1) is 12.4. The molecule has 0 spiro atoms. The van der Waals surface area contributed by atoms with Gasteiger partial charge in [-0.05, 0) is 24.5 Å². The van der Waals surface area contributed by atoms with Gasteiger partial charge in [-0.25, -0.2) is 0 Å². The van der Waals surface area contributed by atoms with Crippen LogP contribution in [0.2, 0.25) is 0 Å². The van der Waals surface area contributed by atoms with Crippen LogP contribution in [-0.2, 0) is 16.5 Å². The van der Waals surface area contributed by atoms with Gasteiger partial charge in [-0.1, -0.05) is 57.2 Å². The molecule has 0 fully saturated rings. The Balaban J connectivity index is 2.07. The Morgan fingerprint density at radius 1 is 0.962 bits per heavy atom. The first-order valence-electron chi connectivity index (χ1n) is 8.97. The van der Waals surface area contributed by atoms with Crippen LogP contribution in [0.1, 0.15) is 51.0 Å². The lowest BCUT2D eigenvalue weighted by Crippen LogP contribution is -1.99. The number of benzene rings is 2. The topological polar surface area (TPSA) is 83.8 Å². The van der Waals surface area contributed by atoms with Crippen LogP contribution >= 0.6 is 0 Å². The van der Waals surface area contributed by atoms with Crippen molar-refractivity contribution < 1.29 is 22.8 Å². The maximum atomic E-state index is 11.3. The van der Waals surface area contributed by atoms with Gasteiger partial charge in [-0.3, -0.25) is 4.55 Å². The monoisotopic (exact) mass is 378 g/mol. The van der Waals surface area contributed by atoms with Crippen molar-refractivity contribution in [3.05, 3.63) is 48.0 Å². The van der Waals surface area contributed by atoms with Gasteiger partial charge in [-0.2, -0.15) is 8.42 Å². The van der Waals surface area contributed by atoms with Gasteiger partial charge in [0.2, 0.25) is 0 Å². The van der Waals surface area contributed by atoms with Crippen molar-refractivity contribution in [2.24, 2.45) is 0 Å². The Hall–Kier alpha value is -2.05. The second-order valence-electron chi connectivity index (χ2n) is 6.37. The molecule has 2 aromatic rings. The van der Waals surface area contributed by atoms with Gasteiger partial charge < -0.3 is 9.84 Å². The second-order valence-corrected chi connectivity index (χ2v) is 7.79. The number of rotatable bonds is 10. The maximum Gasteiger partial charge on any atom is 0.294 e. The molecule has 0 aliphatic rings. The molecular weight excluding hydrogens is 352 g/mol. The largest absolute Gasteiger partial charge is 0.508 e. The van der Waals surface area contributed by atoms with E-state index in [4.69, 9.17) is 9.29 Å². The fraction of sp³-hybridized carbons (Fsp3) is 0.400. The van der Waals surface area contributed by atoms with Gasteiger partial charge in [-0.15, -0.1) is 0 Å². The minimum absolute atomic E-state index is 0.160. The van der Waals surface area contributed by atoms with Crippen LogP contribution in [0.25, 0.3) is 0 Å². The van der Waals surface area contributed by atoms with Crippen LogP contribution in [0.5, 0.6) is 17.2 Å². The van der Waals surface area contributed by atoms with E-state index in [0.29, 0.717) is 5.75 Å². The van der Waals surface area contributed by atoms with E-state index in [-0.39, 0.29) is 11.5 Å². The first kappa shape index (κ1) is 20.3. The van der Waals surface area contributed by atoms with Crippen molar-refractivity contribution in [1.82, 2.24) is 0 Å². The summed E-state index contributed by atoms with van der Waals surface area (Å²) in [6.07, 6.45) is 8.07. The highest BCUT2D eigenvalue weighted by atomic mass is 32.2. The number of unbranched alkanes of at least 4 members (excludes halogenated alkanes) is 5. The minimum atomic E-state index is -4.42. The van der Waals surface area contributed by atoms with E-state index < -0.39 is 15.0 Å². The molecule has 2 aromatic carbocycles. The normalized spacial score (nSPS) is 11.5. The molecule has 0 aliphatic carbocycles. The van der Waals surface area contributed by atoms with Crippen molar-refractivity contribution >= 4 is 10.1 Å². The zero-order valence-electron chi connectivity index (χ0n) is 15.0. The predicted molar refractivity (Wildman–Crippen MR) is 102 cm³/mol. The number of aryl methyl sites for hydroxylation is 1. The molecule has 6 heteroatoms. The van der Waals surface area contributed by atoms with Crippen LogP contribution in [0.3, 0.4) is 0 Å². The van der Waals surface area contributed by atoms with E-state index in [2.05, 4.69) is 6.92 Å². The quantitative estimate of drug-likeness (QED) is 0.431. The molecule has 0 heterocycles.